The van der Waals surface area contributed by atoms with E-state index in [0.717, 1.165) is 47.5 Å². The SMILES string of the molecule is Cc1ncc(-c2ccc3cnc(NC(=O)C4(C)CN(CC5(C)CC5)C4)cc3c2)n1C. The number of imidazole rings is 1. The van der Waals surface area contributed by atoms with Crippen LogP contribution in [0.25, 0.3) is 22.0 Å². The molecule has 2 fully saturated rings. The van der Waals surface area contributed by atoms with Crippen molar-refractivity contribution in [2.75, 3.05) is 25.0 Å². The van der Waals surface area contributed by atoms with Crippen LogP contribution < -0.4 is 5.32 Å². The minimum absolute atomic E-state index is 0.0602. The lowest BCUT2D eigenvalue weighted by Crippen LogP contribution is -2.61. The molecule has 1 N–H and O–H groups in total. The topological polar surface area (TPSA) is 63.1 Å². The molecule has 0 spiro atoms. The Bertz CT molecular complexity index is 1140. The van der Waals surface area contributed by atoms with Gasteiger partial charge >= 0.3 is 0 Å². The fourth-order valence-electron chi connectivity index (χ4n) is 4.51. The molecule has 1 saturated carbocycles. The van der Waals surface area contributed by atoms with E-state index in [1.54, 1.807) is 0 Å². The monoisotopic (exact) mass is 403 g/mol. The molecule has 2 aliphatic rings. The Kier molecular flexibility index (Phi) is 4.26. The van der Waals surface area contributed by atoms with E-state index >= 15 is 0 Å². The maximum absolute atomic E-state index is 12.9. The Balaban J connectivity index is 1.32. The Labute approximate surface area is 177 Å². The second-order valence-corrected chi connectivity index (χ2v) is 9.85. The number of rotatable bonds is 5. The van der Waals surface area contributed by atoms with Crippen molar-refractivity contribution in [3.63, 3.8) is 0 Å². The second kappa shape index (κ2) is 6.64. The summed E-state index contributed by atoms with van der Waals surface area (Å²) in [6, 6.07) is 8.25. The third-order valence-corrected chi connectivity index (χ3v) is 6.88. The highest BCUT2D eigenvalue weighted by atomic mass is 16.2. The van der Waals surface area contributed by atoms with Crippen LogP contribution in [-0.2, 0) is 11.8 Å². The van der Waals surface area contributed by atoms with Gasteiger partial charge < -0.3 is 14.8 Å². The number of nitrogens with zero attached hydrogens (tertiary/aromatic N) is 4. The molecule has 2 aromatic heterocycles. The van der Waals surface area contributed by atoms with Gasteiger partial charge in [0.15, 0.2) is 0 Å². The largest absolute Gasteiger partial charge is 0.331 e. The fraction of sp³-hybridized carbons (Fsp3) is 0.458. The number of hydrogen-bond acceptors (Lipinski definition) is 4. The lowest BCUT2D eigenvalue weighted by atomic mass is 9.80. The molecule has 1 amide bonds. The van der Waals surface area contributed by atoms with E-state index in [1.165, 1.54) is 12.8 Å². The van der Waals surface area contributed by atoms with Crippen LogP contribution in [0.3, 0.4) is 0 Å². The highest BCUT2D eigenvalue weighted by Crippen LogP contribution is 2.47. The van der Waals surface area contributed by atoms with E-state index < -0.39 is 0 Å². The first-order chi connectivity index (χ1) is 14.2. The van der Waals surface area contributed by atoms with Gasteiger partial charge in [0, 0.05) is 43.8 Å². The van der Waals surface area contributed by atoms with Gasteiger partial charge in [-0.3, -0.25) is 4.79 Å². The third kappa shape index (κ3) is 3.39. The zero-order valence-corrected chi connectivity index (χ0v) is 18.2. The molecule has 5 rings (SSSR count). The number of amides is 1. The van der Waals surface area contributed by atoms with Gasteiger partial charge in [0.1, 0.15) is 11.6 Å². The summed E-state index contributed by atoms with van der Waals surface area (Å²) in [4.78, 5) is 24.2. The Morgan fingerprint density at radius 3 is 2.53 bits per heavy atom. The summed E-state index contributed by atoms with van der Waals surface area (Å²) >= 11 is 0. The van der Waals surface area contributed by atoms with Crippen molar-refractivity contribution in [3.8, 4) is 11.3 Å². The van der Waals surface area contributed by atoms with Gasteiger partial charge in [-0.1, -0.05) is 19.1 Å². The third-order valence-electron chi connectivity index (χ3n) is 6.88. The molecule has 6 nitrogen and oxygen atoms in total. The fourth-order valence-corrected chi connectivity index (χ4v) is 4.51. The molecule has 1 aromatic carbocycles. The summed E-state index contributed by atoms with van der Waals surface area (Å²) in [7, 11) is 2.02. The molecule has 3 heterocycles. The summed E-state index contributed by atoms with van der Waals surface area (Å²) in [5, 5.41) is 5.16. The smallest absolute Gasteiger partial charge is 0.234 e. The van der Waals surface area contributed by atoms with Gasteiger partial charge in [0.2, 0.25) is 5.91 Å². The van der Waals surface area contributed by atoms with E-state index in [2.05, 4.69) is 56.8 Å². The number of carbonyl (C=O) groups excluding carboxylic acids is 1. The molecular formula is C24H29N5O. The summed E-state index contributed by atoms with van der Waals surface area (Å²) in [5.41, 5.74) is 2.32. The van der Waals surface area contributed by atoms with E-state index in [1.807, 2.05) is 32.4 Å². The van der Waals surface area contributed by atoms with E-state index in [9.17, 15) is 4.79 Å². The average molecular weight is 404 g/mol. The molecule has 156 valence electrons. The lowest BCUT2D eigenvalue weighted by Gasteiger charge is -2.47. The van der Waals surface area contributed by atoms with Gasteiger partial charge in [-0.25, -0.2) is 9.97 Å². The number of hydrogen-bond donors (Lipinski definition) is 1. The molecule has 1 aliphatic heterocycles. The number of aromatic nitrogens is 3. The zero-order valence-electron chi connectivity index (χ0n) is 18.2. The summed E-state index contributed by atoms with van der Waals surface area (Å²) in [6.07, 6.45) is 6.35. The number of carbonyl (C=O) groups is 1. The van der Waals surface area contributed by atoms with Crippen LogP contribution >= 0.6 is 0 Å². The molecule has 1 aliphatic carbocycles. The predicted octanol–water partition coefficient (Wildman–Crippen LogP) is 4.00. The molecule has 6 heteroatoms. The minimum atomic E-state index is -0.337. The first kappa shape index (κ1) is 19.2. The molecule has 0 unspecified atom stereocenters. The van der Waals surface area contributed by atoms with Crippen LogP contribution in [0.1, 0.15) is 32.5 Å². The number of fused-ring (bicyclic) bond motifs is 1. The number of nitrogens with one attached hydrogen (secondary N) is 1. The summed E-state index contributed by atoms with van der Waals surface area (Å²) in [6.45, 7) is 9.15. The van der Waals surface area contributed by atoms with Crippen LogP contribution in [0.15, 0.2) is 36.7 Å². The van der Waals surface area contributed by atoms with Crippen molar-refractivity contribution in [1.82, 2.24) is 19.4 Å². The van der Waals surface area contributed by atoms with Crippen molar-refractivity contribution in [1.29, 1.82) is 0 Å². The Morgan fingerprint density at radius 1 is 1.10 bits per heavy atom. The normalized spacial score (nSPS) is 19.5. The van der Waals surface area contributed by atoms with Crippen molar-refractivity contribution in [2.45, 2.75) is 33.6 Å². The van der Waals surface area contributed by atoms with Crippen molar-refractivity contribution >= 4 is 22.5 Å². The van der Waals surface area contributed by atoms with Gasteiger partial charge in [0.25, 0.3) is 0 Å². The molecule has 30 heavy (non-hydrogen) atoms. The number of pyridine rings is 1. The molecule has 0 radical (unpaired) electrons. The van der Waals surface area contributed by atoms with E-state index in [-0.39, 0.29) is 11.3 Å². The van der Waals surface area contributed by atoms with Crippen molar-refractivity contribution in [3.05, 3.63) is 42.5 Å². The predicted molar refractivity (Wildman–Crippen MR) is 119 cm³/mol. The second-order valence-electron chi connectivity index (χ2n) is 9.85. The molecule has 3 aromatic rings. The minimum Gasteiger partial charge on any atom is -0.331 e. The van der Waals surface area contributed by atoms with Gasteiger partial charge in [-0.05, 0) is 49.6 Å². The number of aryl methyl sites for hydroxylation is 1. The molecular weight excluding hydrogens is 374 g/mol. The van der Waals surface area contributed by atoms with Gasteiger partial charge in [0.05, 0.1) is 17.3 Å². The average Bonchev–Trinajstić information content (AvgIpc) is 3.33. The number of anilines is 1. The number of benzene rings is 1. The van der Waals surface area contributed by atoms with E-state index in [4.69, 9.17) is 0 Å². The Hall–Kier alpha value is -2.73. The van der Waals surface area contributed by atoms with Crippen molar-refractivity contribution < 1.29 is 4.79 Å². The quantitative estimate of drug-likeness (QED) is 0.699. The Morgan fingerprint density at radius 2 is 1.87 bits per heavy atom. The first-order valence-corrected chi connectivity index (χ1v) is 10.7. The zero-order chi connectivity index (χ0) is 21.1. The molecule has 0 atom stereocenters. The maximum Gasteiger partial charge on any atom is 0.234 e. The first-order valence-electron chi connectivity index (χ1n) is 10.7. The molecule has 1 saturated heterocycles. The highest BCUT2D eigenvalue weighted by molar-refractivity contribution is 5.97. The van der Waals surface area contributed by atoms with Crippen LogP contribution in [0.5, 0.6) is 0 Å². The van der Waals surface area contributed by atoms with Crippen molar-refractivity contribution in [2.24, 2.45) is 17.9 Å². The number of likely N-dealkylation sites (tertiary alicyclic amines) is 1. The summed E-state index contributed by atoms with van der Waals surface area (Å²) in [5.74, 6) is 1.65. The highest BCUT2D eigenvalue weighted by Gasteiger charge is 2.49. The standard InChI is InChI=1S/C24H29N5O/c1-16-25-12-20(28(16)4)17-5-6-18-11-26-21(10-19(18)9-17)27-22(30)24(3)14-29(15-24)13-23(2)7-8-23/h5-6,9-12H,7-8,13-15H2,1-4H3,(H,26,27,30). The van der Waals surface area contributed by atoms with Crippen LogP contribution in [0, 0.1) is 17.8 Å². The van der Waals surface area contributed by atoms with Gasteiger partial charge in [-0.2, -0.15) is 0 Å². The van der Waals surface area contributed by atoms with Crippen LogP contribution in [0.2, 0.25) is 0 Å². The van der Waals surface area contributed by atoms with E-state index in [0.29, 0.717) is 11.2 Å². The molecule has 0 bridgehead atoms. The van der Waals surface area contributed by atoms with Gasteiger partial charge in [-0.15, -0.1) is 0 Å². The summed E-state index contributed by atoms with van der Waals surface area (Å²) < 4.78 is 2.08. The lowest BCUT2D eigenvalue weighted by molar-refractivity contribution is -0.134. The van der Waals surface area contributed by atoms with Crippen LogP contribution in [-0.4, -0.2) is 45.0 Å². The van der Waals surface area contributed by atoms with Crippen LogP contribution in [0.4, 0.5) is 5.82 Å². The maximum atomic E-state index is 12.9.